The van der Waals surface area contributed by atoms with Crippen LogP contribution in [-0.2, 0) is 0 Å². The van der Waals surface area contributed by atoms with Gasteiger partial charge in [0.1, 0.15) is 18.1 Å². The summed E-state index contributed by atoms with van der Waals surface area (Å²) in [6, 6.07) is 12.3. The average Bonchev–Trinajstić information content (AvgIpc) is 3.27. The van der Waals surface area contributed by atoms with Crippen molar-refractivity contribution in [3.05, 3.63) is 48.0 Å². The number of methoxy groups -OCH3 is 1. The van der Waals surface area contributed by atoms with E-state index in [2.05, 4.69) is 39.2 Å². The van der Waals surface area contributed by atoms with E-state index in [1.165, 1.54) is 4.21 Å². The lowest BCUT2D eigenvalue weighted by Crippen LogP contribution is -2.49. The number of rotatable bonds is 8. The average molecular weight is 430 g/mol. The van der Waals surface area contributed by atoms with E-state index in [0.717, 1.165) is 55.1 Å². The summed E-state index contributed by atoms with van der Waals surface area (Å²) < 4.78 is 12.8. The number of nitrogens with zero attached hydrogens (tertiary/aromatic N) is 3. The molecular weight excluding hydrogens is 402 g/mol. The molecule has 0 bridgehead atoms. The van der Waals surface area contributed by atoms with E-state index >= 15 is 0 Å². The highest BCUT2D eigenvalue weighted by atomic mass is 32.2. The maximum absolute atomic E-state index is 6.11. The number of aromatic nitrogens is 1. The zero-order valence-electron chi connectivity index (χ0n) is 16.9. The summed E-state index contributed by atoms with van der Waals surface area (Å²) in [7, 11) is 1.66. The molecule has 3 heterocycles. The van der Waals surface area contributed by atoms with E-state index < -0.39 is 0 Å². The van der Waals surface area contributed by atoms with Gasteiger partial charge in [0.2, 0.25) is 0 Å². The number of pyridine rings is 1. The van der Waals surface area contributed by atoms with Crippen LogP contribution in [0, 0.1) is 0 Å². The molecule has 7 heteroatoms. The van der Waals surface area contributed by atoms with E-state index in [0.29, 0.717) is 12.0 Å². The summed E-state index contributed by atoms with van der Waals surface area (Å²) >= 11 is 3.79. The first-order valence-corrected chi connectivity index (χ1v) is 11.7. The molecule has 29 heavy (non-hydrogen) atoms. The molecule has 1 aromatic carbocycles. The molecule has 1 fully saturated rings. The van der Waals surface area contributed by atoms with Gasteiger partial charge in [0.05, 0.1) is 28.4 Å². The smallest absolute Gasteiger partial charge is 0.137 e. The van der Waals surface area contributed by atoms with Crippen LogP contribution in [-0.4, -0.2) is 66.6 Å². The van der Waals surface area contributed by atoms with Crippen molar-refractivity contribution < 1.29 is 9.47 Å². The topological polar surface area (TPSA) is 37.8 Å². The summed E-state index contributed by atoms with van der Waals surface area (Å²) in [5.74, 6) is 1.62. The minimum atomic E-state index is 0.519. The van der Waals surface area contributed by atoms with Gasteiger partial charge < -0.3 is 9.47 Å². The zero-order chi connectivity index (χ0) is 20.1. The van der Waals surface area contributed by atoms with Crippen molar-refractivity contribution in [2.24, 2.45) is 0 Å². The highest BCUT2D eigenvalue weighted by molar-refractivity contribution is 8.01. The Hall–Kier alpha value is -1.80. The first-order valence-electron chi connectivity index (χ1n) is 9.95. The van der Waals surface area contributed by atoms with Crippen LogP contribution in [0.25, 0.3) is 10.9 Å². The van der Waals surface area contributed by atoms with E-state index in [4.69, 9.17) is 9.47 Å². The predicted molar refractivity (Wildman–Crippen MR) is 121 cm³/mol. The molecule has 1 aliphatic heterocycles. The van der Waals surface area contributed by atoms with Gasteiger partial charge in [-0.2, -0.15) is 0 Å². The molecule has 5 nitrogen and oxygen atoms in total. The third kappa shape index (κ3) is 5.22. The molecule has 4 rings (SSSR count). The van der Waals surface area contributed by atoms with Crippen LogP contribution in [0.5, 0.6) is 11.5 Å². The molecule has 0 saturated carbocycles. The number of thioether (sulfide) groups is 1. The Morgan fingerprint density at radius 3 is 2.79 bits per heavy atom. The van der Waals surface area contributed by atoms with Gasteiger partial charge in [-0.05, 0) is 36.6 Å². The Bertz CT molecular complexity index is 912. The van der Waals surface area contributed by atoms with E-state index in [1.54, 1.807) is 13.3 Å². The molecule has 1 saturated heterocycles. The molecular formula is C22H27N3O2S2. The minimum absolute atomic E-state index is 0.519. The van der Waals surface area contributed by atoms with Crippen molar-refractivity contribution in [3.63, 3.8) is 0 Å². The fourth-order valence-corrected chi connectivity index (χ4v) is 5.66. The van der Waals surface area contributed by atoms with Crippen molar-refractivity contribution in [1.82, 2.24) is 14.8 Å². The number of piperazine rings is 1. The van der Waals surface area contributed by atoms with E-state index in [-0.39, 0.29) is 0 Å². The Kier molecular flexibility index (Phi) is 6.92. The second-order valence-corrected chi connectivity index (χ2v) is 9.64. The van der Waals surface area contributed by atoms with Crippen molar-refractivity contribution >= 4 is 34.0 Å². The summed E-state index contributed by atoms with van der Waals surface area (Å²) in [4.78, 5) is 9.50. The van der Waals surface area contributed by atoms with Crippen molar-refractivity contribution in [3.8, 4) is 11.5 Å². The lowest BCUT2D eigenvalue weighted by Gasteiger charge is -2.37. The summed E-state index contributed by atoms with van der Waals surface area (Å²) in [5, 5.41) is 3.66. The molecule has 154 valence electrons. The van der Waals surface area contributed by atoms with Gasteiger partial charge in [0.25, 0.3) is 0 Å². The number of thiophene rings is 1. The number of hydrogen-bond donors (Lipinski definition) is 0. The Labute approximate surface area is 180 Å². The summed E-state index contributed by atoms with van der Waals surface area (Å²) in [6.07, 6.45) is 1.74. The van der Waals surface area contributed by atoms with E-state index in [1.807, 2.05) is 47.4 Å². The molecule has 1 atom stereocenters. The van der Waals surface area contributed by atoms with Gasteiger partial charge in [-0.25, -0.2) is 0 Å². The largest absolute Gasteiger partial charge is 0.495 e. The van der Waals surface area contributed by atoms with Crippen molar-refractivity contribution in [1.29, 1.82) is 0 Å². The fraction of sp³-hybridized carbons (Fsp3) is 0.409. The predicted octanol–water partition coefficient (Wildman–Crippen LogP) is 4.44. The minimum Gasteiger partial charge on any atom is -0.495 e. The normalized spacial score (nSPS) is 16.8. The van der Waals surface area contributed by atoms with Crippen molar-refractivity contribution in [2.45, 2.75) is 16.5 Å². The monoisotopic (exact) mass is 429 g/mol. The van der Waals surface area contributed by atoms with Crippen LogP contribution < -0.4 is 9.47 Å². The third-order valence-electron chi connectivity index (χ3n) is 5.26. The Morgan fingerprint density at radius 1 is 1.17 bits per heavy atom. The highest BCUT2D eigenvalue weighted by Crippen LogP contribution is 2.30. The van der Waals surface area contributed by atoms with Gasteiger partial charge in [-0.3, -0.25) is 14.8 Å². The maximum Gasteiger partial charge on any atom is 0.137 e. The number of ether oxygens (including phenoxy) is 2. The zero-order valence-corrected chi connectivity index (χ0v) is 18.5. The second kappa shape index (κ2) is 9.80. The molecule has 1 unspecified atom stereocenters. The second-order valence-electron chi connectivity index (χ2n) is 7.07. The number of fused-ring (bicyclic) bond motifs is 1. The summed E-state index contributed by atoms with van der Waals surface area (Å²) in [6.45, 7) is 8.31. The molecule has 2 aromatic heterocycles. The van der Waals surface area contributed by atoms with Gasteiger partial charge >= 0.3 is 0 Å². The van der Waals surface area contributed by atoms with Gasteiger partial charge in [-0.1, -0.05) is 23.9 Å². The third-order valence-corrected chi connectivity index (χ3v) is 7.51. The maximum atomic E-state index is 6.11. The van der Waals surface area contributed by atoms with Crippen LogP contribution in [0.2, 0.25) is 0 Å². The quantitative estimate of drug-likeness (QED) is 0.493. The van der Waals surface area contributed by atoms with Gasteiger partial charge in [0, 0.05) is 38.1 Å². The lowest BCUT2D eigenvalue weighted by molar-refractivity contribution is 0.114. The van der Waals surface area contributed by atoms with Crippen LogP contribution in [0.1, 0.15) is 6.92 Å². The first kappa shape index (κ1) is 20.5. The number of benzene rings is 1. The molecule has 3 aromatic rings. The standard InChI is InChI=1S/C22H27N3O2S2/c1-17(29-22-7-4-14-28-22)25-10-8-24(9-11-25)12-13-27-21-6-3-5-20-19(21)15-18(26-2)16-23-20/h3-7,14-17H,8-13H2,1-2H3. The fourth-order valence-electron chi connectivity index (χ4n) is 3.55. The first-order chi connectivity index (χ1) is 14.2. The number of hydrogen-bond acceptors (Lipinski definition) is 7. The molecule has 0 aliphatic carbocycles. The Balaban J connectivity index is 1.25. The summed E-state index contributed by atoms with van der Waals surface area (Å²) in [5.41, 5.74) is 0.925. The van der Waals surface area contributed by atoms with Crippen LogP contribution in [0.4, 0.5) is 0 Å². The van der Waals surface area contributed by atoms with Crippen LogP contribution in [0.3, 0.4) is 0 Å². The van der Waals surface area contributed by atoms with Crippen molar-refractivity contribution in [2.75, 3.05) is 46.4 Å². The highest BCUT2D eigenvalue weighted by Gasteiger charge is 2.21. The molecule has 0 spiro atoms. The Morgan fingerprint density at radius 2 is 2.03 bits per heavy atom. The molecule has 0 N–H and O–H groups in total. The lowest BCUT2D eigenvalue weighted by atomic mass is 10.2. The van der Waals surface area contributed by atoms with Gasteiger partial charge in [0.15, 0.2) is 0 Å². The van der Waals surface area contributed by atoms with Gasteiger partial charge in [-0.15, -0.1) is 11.3 Å². The molecule has 0 radical (unpaired) electrons. The van der Waals surface area contributed by atoms with E-state index in [9.17, 15) is 0 Å². The molecule has 1 aliphatic rings. The van der Waals surface area contributed by atoms with Crippen LogP contribution >= 0.6 is 23.1 Å². The van der Waals surface area contributed by atoms with Crippen LogP contribution in [0.15, 0.2) is 52.2 Å². The molecule has 0 amide bonds. The SMILES string of the molecule is COc1cnc2cccc(OCCN3CCN(C(C)Sc4cccs4)CC3)c2c1.